The molecule has 3 aromatic rings. The SMILES string of the molecule is Cc1cccc(C(C)C)c1NC(=O)c1n[nH]c(=O)c2ccccc12. The number of amides is 1. The fourth-order valence-electron chi connectivity index (χ4n) is 2.80. The summed E-state index contributed by atoms with van der Waals surface area (Å²) in [4.78, 5) is 24.6. The minimum atomic E-state index is -0.335. The number of carbonyl (C=O) groups excluding carboxylic acids is 1. The van der Waals surface area contributed by atoms with Crippen LogP contribution in [0.2, 0.25) is 0 Å². The second-order valence-electron chi connectivity index (χ2n) is 6.09. The molecule has 2 aromatic carbocycles. The lowest BCUT2D eigenvalue weighted by Crippen LogP contribution is -2.20. The number of carbonyl (C=O) groups is 1. The molecule has 0 bridgehead atoms. The summed E-state index contributed by atoms with van der Waals surface area (Å²) in [5.74, 6) is -0.0564. The quantitative estimate of drug-likeness (QED) is 0.774. The van der Waals surface area contributed by atoms with Crippen LogP contribution < -0.4 is 10.9 Å². The molecule has 0 saturated carbocycles. The first-order valence-corrected chi connectivity index (χ1v) is 7.87. The van der Waals surface area contributed by atoms with Crippen molar-refractivity contribution in [2.75, 3.05) is 5.32 Å². The van der Waals surface area contributed by atoms with Crippen molar-refractivity contribution in [1.82, 2.24) is 10.2 Å². The number of aromatic amines is 1. The third-order valence-corrected chi connectivity index (χ3v) is 4.08. The molecule has 1 aromatic heterocycles. The number of benzene rings is 2. The Morgan fingerprint density at radius 3 is 2.50 bits per heavy atom. The average Bonchev–Trinajstić information content (AvgIpc) is 2.57. The molecule has 0 aliphatic carbocycles. The maximum Gasteiger partial charge on any atom is 0.276 e. The van der Waals surface area contributed by atoms with Crippen LogP contribution in [0, 0.1) is 6.92 Å². The minimum Gasteiger partial charge on any atom is -0.320 e. The fourth-order valence-corrected chi connectivity index (χ4v) is 2.80. The molecule has 0 spiro atoms. The summed E-state index contributed by atoms with van der Waals surface area (Å²) in [6.45, 7) is 6.12. The Morgan fingerprint density at radius 2 is 1.79 bits per heavy atom. The van der Waals surface area contributed by atoms with Crippen LogP contribution in [0.3, 0.4) is 0 Å². The van der Waals surface area contributed by atoms with Gasteiger partial charge >= 0.3 is 0 Å². The lowest BCUT2D eigenvalue weighted by Gasteiger charge is -2.16. The van der Waals surface area contributed by atoms with Gasteiger partial charge in [0.25, 0.3) is 11.5 Å². The highest BCUT2D eigenvalue weighted by molar-refractivity contribution is 6.11. The number of aromatic nitrogens is 2. The maximum atomic E-state index is 12.8. The standard InChI is InChI=1S/C19H19N3O2/c1-11(2)13-10-6-7-12(3)16(13)20-19(24)17-14-8-4-5-9-15(14)18(23)22-21-17/h4-11H,1-3H3,(H,20,24)(H,22,23). The summed E-state index contributed by atoms with van der Waals surface area (Å²) in [5, 5.41) is 10.3. The Bertz CT molecular complexity index is 974. The van der Waals surface area contributed by atoms with Crippen molar-refractivity contribution in [2.24, 2.45) is 0 Å². The number of H-pyrrole nitrogens is 1. The molecule has 5 nitrogen and oxygen atoms in total. The Labute approximate surface area is 139 Å². The number of anilines is 1. The van der Waals surface area contributed by atoms with Crippen LogP contribution in [0.1, 0.15) is 41.4 Å². The molecule has 0 atom stereocenters. The van der Waals surface area contributed by atoms with Crippen LogP contribution in [-0.2, 0) is 0 Å². The van der Waals surface area contributed by atoms with E-state index in [1.165, 1.54) is 0 Å². The van der Waals surface area contributed by atoms with Gasteiger partial charge in [0.05, 0.1) is 5.39 Å². The molecule has 0 radical (unpaired) electrons. The van der Waals surface area contributed by atoms with E-state index in [-0.39, 0.29) is 23.1 Å². The van der Waals surface area contributed by atoms with Gasteiger partial charge < -0.3 is 5.32 Å². The number of hydrogen-bond acceptors (Lipinski definition) is 3. The predicted molar refractivity (Wildman–Crippen MR) is 95.6 cm³/mol. The third-order valence-electron chi connectivity index (χ3n) is 4.08. The number of nitrogens with zero attached hydrogens (tertiary/aromatic N) is 1. The minimum absolute atomic E-state index is 0.211. The van der Waals surface area contributed by atoms with Gasteiger partial charge in [-0.3, -0.25) is 9.59 Å². The molecule has 3 rings (SSSR count). The highest BCUT2D eigenvalue weighted by Crippen LogP contribution is 2.28. The van der Waals surface area contributed by atoms with Crippen LogP contribution in [0.25, 0.3) is 10.8 Å². The molecule has 2 N–H and O–H groups in total. The number of hydrogen-bond donors (Lipinski definition) is 2. The Balaban J connectivity index is 2.07. The van der Waals surface area contributed by atoms with Crippen molar-refractivity contribution in [3.05, 3.63) is 69.6 Å². The number of aryl methyl sites for hydroxylation is 1. The number of fused-ring (bicyclic) bond motifs is 1. The van der Waals surface area contributed by atoms with Gasteiger partial charge in [-0.15, -0.1) is 0 Å². The summed E-state index contributed by atoms with van der Waals surface area (Å²) in [7, 11) is 0. The average molecular weight is 321 g/mol. The van der Waals surface area contributed by atoms with E-state index >= 15 is 0 Å². The first-order valence-electron chi connectivity index (χ1n) is 7.87. The summed E-state index contributed by atoms with van der Waals surface area (Å²) in [5.41, 5.74) is 2.76. The van der Waals surface area contributed by atoms with E-state index in [1.807, 2.05) is 25.1 Å². The molecule has 0 aliphatic heterocycles. The van der Waals surface area contributed by atoms with Gasteiger partial charge in [0.2, 0.25) is 0 Å². The highest BCUT2D eigenvalue weighted by Gasteiger charge is 2.17. The molecule has 0 unspecified atom stereocenters. The monoisotopic (exact) mass is 321 g/mol. The van der Waals surface area contributed by atoms with E-state index in [2.05, 4.69) is 29.4 Å². The molecule has 5 heteroatoms. The second kappa shape index (κ2) is 6.28. The van der Waals surface area contributed by atoms with Crippen molar-refractivity contribution in [3.8, 4) is 0 Å². The fraction of sp³-hybridized carbons (Fsp3) is 0.211. The van der Waals surface area contributed by atoms with Crippen molar-refractivity contribution in [2.45, 2.75) is 26.7 Å². The van der Waals surface area contributed by atoms with Crippen LogP contribution >= 0.6 is 0 Å². The zero-order chi connectivity index (χ0) is 17.3. The molecule has 122 valence electrons. The molecule has 24 heavy (non-hydrogen) atoms. The first-order chi connectivity index (χ1) is 11.5. The Hall–Kier alpha value is -2.95. The van der Waals surface area contributed by atoms with Crippen LogP contribution in [-0.4, -0.2) is 16.1 Å². The summed E-state index contributed by atoms with van der Waals surface area (Å²) in [6, 6.07) is 12.9. The highest BCUT2D eigenvalue weighted by atomic mass is 16.2. The van der Waals surface area contributed by atoms with Crippen LogP contribution in [0.15, 0.2) is 47.3 Å². The van der Waals surface area contributed by atoms with E-state index in [0.29, 0.717) is 10.8 Å². The summed E-state index contributed by atoms with van der Waals surface area (Å²) < 4.78 is 0. The zero-order valence-corrected chi connectivity index (χ0v) is 13.9. The number of nitrogens with one attached hydrogen (secondary N) is 2. The molecule has 1 heterocycles. The molecule has 0 fully saturated rings. The van der Waals surface area contributed by atoms with E-state index in [9.17, 15) is 9.59 Å². The van der Waals surface area contributed by atoms with E-state index in [4.69, 9.17) is 0 Å². The lowest BCUT2D eigenvalue weighted by atomic mass is 9.98. The Kier molecular flexibility index (Phi) is 4.16. The van der Waals surface area contributed by atoms with Crippen molar-refractivity contribution in [3.63, 3.8) is 0 Å². The lowest BCUT2D eigenvalue weighted by molar-refractivity contribution is 0.102. The number of para-hydroxylation sites is 1. The van der Waals surface area contributed by atoms with E-state index in [0.717, 1.165) is 16.8 Å². The largest absolute Gasteiger partial charge is 0.320 e. The summed E-state index contributed by atoms with van der Waals surface area (Å²) >= 11 is 0. The zero-order valence-electron chi connectivity index (χ0n) is 13.9. The van der Waals surface area contributed by atoms with Gasteiger partial charge in [-0.1, -0.05) is 50.2 Å². The predicted octanol–water partition coefficient (Wildman–Crippen LogP) is 3.61. The first kappa shape index (κ1) is 15.9. The van der Waals surface area contributed by atoms with Gasteiger partial charge in [0.15, 0.2) is 5.69 Å². The van der Waals surface area contributed by atoms with Crippen LogP contribution in [0.5, 0.6) is 0 Å². The van der Waals surface area contributed by atoms with Gasteiger partial charge in [-0.05, 0) is 30.0 Å². The Morgan fingerprint density at radius 1 is 1.08 bits per heavy atom. The van der Waals surface area contributed by atoms with Crippen molar-refractivity contribution >= 4 is 22.4 Å². The van der Waals surface area contributed by atoms with E-state index < -0.39 is 0 Å². The number of rotatable bonds is 3. The maximum absolute atomic E-state index is 12.8. The topological polar surface area (TPSA) is 74.8 Å². The molecule has 0 saturated heterocycles. The molecular weight excluding hydrogens is 302 g/mol. The van der Waals surface area contributed by atoms with Crippen LogP contribution in [0.4, 0.5) is 5.69 Å². The van der Waals surface area contributed by atoms with Gasteiger partial charge in [0, 0.05) is 11.1 Å². The van der Waals surface area contributed by atoms with Gasteiger partial charge in [-0.2, -0.15) is 5.10 Å². The van der Waals surface area contributed by atoms with Crippen molar-refractivity contribution in [1.29, 1.82) is 0 Å². The molecule has 0 aliphatic rings. The van der Waals surface area contributed by atoms with Crippen molar-refractivity contribution < 1.29 is 4.79 Å². The summed E-state index contributed by atoms with van der Waals surface area (Å²) in [6.07, 6.45) is 0. The van der Waals surface area contributed by atoms with Gasteiger partial charge in [0.1, 0.15) is 0 Å². The van der Waals surface area contributed by atoms with Gasteiger partial charge in [-0.25, -0.2) is 5.10 Å². The smallest absolute Gasteiger partial charge is 0.276 e. The third kappa shape index (κ3) is 2.80. The van der Waals surface area contributed by atoms with E-state index in [1.54, 1.807) is 24.3 Å². The molecule has 1 amide bonds. The second-order valence-corrected chi connectivity index (χ2v) is 6.09. The molecular formula is C19H19N3O2. The normalized spacial score (nSPS) is 11.0.